The van der Waals surface area contributed by atoms with Gasteiger partial charge in [0.25, 0.3) is 0 Å². The first-order valence-electron chi connectivity index (χ1n) is 5.27. The van der Waals surface area contributed by atoms with Crippen LogP contribution in [0.25, 0.3) is 0 Å². The van der Waals surface area contributed by atoms with Crippen molar-refractivity contribution in [1.82, 2.24) is 0 Å². The number of anilines is 1. The van der Waals surface area contributed by atoms with Crippen LogP contribution in [0.2, 0.25) is 0 Å². The fourth-order valence-corrected chi connectivity index (χ4v) is 1.37. The van der Waals surface area contributed by atoms with Crippen molar-refractivity contribution in [3.63, 3.8) is 0 Å². The van der Waals surface area contributed by atoms with Crippen molar-refractivity contribution in [2.24, 2.45) is 0 Å². The lowest BCUT2D eigenvalue weighted by atomic mass is 10.2. The van der Waals surface area contributed by atoms with Gasteiger partial charge in [0.15, 0.2) is 0 Å². The minimum atomic E-state index is 0.662. The normalized spacial score (nSPS) is 10.4. The number of rotatable bonds is 6. The Kier molecular flexibility index (Phi) is 5.20. The van der Waals surface area contributed by atoms with Crippen LogP contribution in [0.4, 0.5) is 5.69 Å². The van der Waals surface area contributed by atoms with Crippen molar-refractivity contribution >= 4 is 5.69 Å². The number of methoxy groups -OCH3 is 3. The zero-order valence-electron chi connectivity index (χ0n) is 10.4. The maximum atomic E-state index is 5.29. The molecule has 1 radical (unpaired) electrons. The number of hydrogen-bond donors (Lipinski definition) is 1. The van der Waals surface area contributed by atoms with Gasteiger partial charge in [0.1, 0.15) is 22.9 Å². The van der Waals surface area contributed by atoms with Gasteiger partial charge in [-0.05, 0) is 19.5 Å². The lowest BCUT2D eigenvalue weighted by Gasteiger charge is -2.14. The molecule has 0 aliphatic rings. The molecule has 0 aromatic heterocycles. The van der Waals surface area contributed by atoms with Crippen molar-refractivity contribution in [2.45, 2.75) is 6.42 Å². The second-order valence-electron chi connectivity index (χ2n) is 3.24. The molecule has 93 valence electrons. The molecule has 17 heavy (non-hydrogen) atoms. The highest BCUT2D eigenvalue weighted by Crippen LogP contribution is 2.38. The molecule has 0 bridgehead atoms. The minimum Gasteiger partial charge on any atom is -0.496 e. The lowest BCUT2D eigenvalue weighted by molar-refractivity contribution is 0.378. The molecule has 0 fully saturated rings. The van der Waals surface area contributed by atoms with E-state index in [-0.39, 0.29) is 0 Å². The van der Waals surface area contributed by atoms with Gasteiger partial charge in [-0.25, -0.2) is 0 Å². The Morgan fingerprint density at radius 3 is 2.12 bits per heavy atom. The van der Waals surface area contributed by atoms with Gasteiger partial charge < -0.3 is 19.5 Å². The van der Waals surface area contributed by atoms with Crippen molar-refractivity contribution in [3.8, 4) is 17.2 Å². The van der Waals surface area contributed by atoms with E-state index in [0.717, 1.165) is 5.69 Å². The monoisotopic (exact) mass is 236 g/mol. The Morgan fingerprint density at radius 2 is 1.71 bits per heavy atom. The van der Waals surface area contributed by atoms with E-state index in [9.17, 15) is 0 Å². The first-order chi connectivity index (χ1) is 8.26. The SMILES string of the molecule is [CH2]CC=CNc1c(OC)cc(OC)cc1OC. The van der Waals surface area contributed by atoms with Crippen LogP contribution in [-0.2, 0) is 0 Å². The Bertz CT molecular complexity index is 363. The van der Waals surface area contributed by atoms with E-state index in [1.807, 2.05) is 6.08 Å². The average Bonchev–Trinajstić information content (AvgIpc) is 2.38. The largest absolute Gasteiger partial charge is 0.496 e. The molecule has 0 atom stereocenters. The maximum Gasteiger partial charge on any atom is 0.149 e. The third-order valence-corrected chi connectivity index (χ3v) is 2.23. The molecular formula is C13H18NO3. The molecule has 0 unspecified atom stereocenters. The summed E-state index contributed by atoms with van der Waals surface area (Å²) < 4.78 is 15.7. The summed E-state index contributed by atoms with van der Waals surface area (Å²) in [6, 6.07) is 3.59. The smallest absolute Gasteiger partial charge is 0.149 e. The highest BCUT2D eigenvalue weighted by molar-refractivity contribution is 5.69. The molecule has 0 amide bonds. The van der Waals surface area contributed by atoms with E-state index in [4.69, 9.17) is 14.2 Å². The van der Waals surface area contributed by atoms with E-state index in [0.29, 0.717) is 23.7 Å². The van der Waals surface area contributed by atoms with Crippen LogP contribution < -0.4 is 19.5 Å². The van der Waals surface area contributed by atoms with Crippen molar-refractivity contribution in [2.75, 3.05) is 26.6 Å². The van der Waals surface area contributed by atoms with E-state index in [1.165, 1.54) is 0 Å². The van der Waals surface area contributed by atoms with Crippen LogP contribution in [0.3, 0.4) is 0 Å². The van der Waals surface area contributed by atoms with Crippen LogP contribution in [0, 0.1) is 6.92 Å². The molecule has 0 heterocycles. The second kappa shape index (κ2) is 6.68. The Morgan fingerprint density at radius 1 is 1.12 bits per heavy atom. The molecule has 0 aliphatic carbocycles. The number of allylic oxidation sites excluding steroid dienone is 1. The highest BCUT2D eigenvalue weighted by atomic mass is 16.5. The molecular weight excluding hydrogens is 218 g/mol. The van der Waals surface area contributed by atoms with Gasteiger partial charge in [-0.2, -0.15) is 0 Å². The van der Waals surface area contributed by atoms with Crippen molar-refractivity contribution in [1.29, 1.82) is 0 Å². The van der Waals surface area contributed by atoms with Gasteiger partial charge >= 0.3 is 0 Å². The summed E-state index contributed by atoms with van der Waals surface area (Å²) >= 11 is 0. The standard InChI is InChI=1S/C13H18NO3/c1-5-6-7-14-13-11(16-3)8-10(15-2)9-12(13)17-4/h6-9,14H,1,5H2,2-4H3. The van der Waals surface area contributed by atoms with Crippen LogP contribution in [0.15, 0.2) is 24.4 Å². The van der Waals surface area contributed by atoms with Crippen LogP contribution >= 0.6 is 0 Å². The summed E-state index contributed by atoms with van der Waals surface area (Å²) in [5.74, 6) is 2.01. The second-order valence-corrected chi connectivity index (χ2v) is 3.24. The first kappa shape index (κ1) is 13.2. The predicted molar refractivity (Wildman–Crippen MR) is 68.8 cm³/mol. The fraction of sp³-hybridized carbons (Fsp3) is 0.308. The van der Waals surface area contributed by atoms with Crippen molar-refractivity contribution < 1.29 is 14.2 Å². The number of ether oxygens (including phenoxy) is 3. The molecule has 1 rings (SSSR count). The van der Waals surface area contributed by atoms with Crippen LogP contribution in [-0.4, -0.2) is 21.3 Å². The Balaban J connectivity index is 3.10. The third-order valence-electron chi connectivity index (χ3n) is 2.23. The summed E-state index contributed by atoms with van der Waals surface area (Å²) in [5, 5.41) is 3.11. The van der Waals surface area contributed by atoms with Gasteiger partial charge in [0.05, 0.1) is 21.3 Å². The van der Waals surface area contributed by atoms with Gasteiger partial charge in [-0.15, -0.1) is 0 Å². The molecule has 0 saturated carbocycles. The summed E-state index contributed by atoms with van der Waals surface area (Å²) in [6.07, 6.45) is 4.43. The zero-order valence-corrected chi connectivity index (χ0v) is 10.4. The van der Waals surface area contributed by atoms with Gasteiger partial charge in [0, 0.05) is 12.1 Å². The van der Waals surface area contributed by atoms with E-state index in [1.54, 1.807) is 39.7 Å². The molecule has 0 saturated heterocycles. The summed E-state index contributed by atoms with van der Waals surface area (Å²) in [7, 11) is 4.80. The summed E-state index contributed by atoms with van der Waals surface area (Å²) in [4.78, 5) is 0. The highest BCUT2D eigenvalue weighted by Gasteiger charge is 2.11. The fourth-order valence-electron chi connectivity index (χ4n) is 1.37. The maximum absolute atomic E-state index is 5.29. The molecule has 0 spiro atoms. The van der Waals surface area contributed by atoms with E-state index >= 15 is 0 Å². The minimum absolute atomic E-state index is 0.662. The quantitative estimate of drug-likeness (QED) is 0.824. The molecule has 4 nitrogen and oxygen atoms in total. The van der Waals surface area contributed by atoms with Gasteiger partial charge in [0.2, 0.25) is 0 Å². The summed E-state index contributed by atoms with van der Waals surface area (Å²) in [5.41, 5.74) is 0.764. The molecule has 1 aromatic rings. The molecule has 4 heteroatoms. The molecule has 1 aromatic carbocycles. The van der Waals surface area contributed by atoms with Gasteiger partial charge in [-0.1, -0.05) is 6.08 Å². The average molecular weight is 236 g/mol. The van der Waals surface area contributed by atoms with Crippen LogP contribution in [0.1, 0.15) is 6.42 Å². The predicted octanol–water partition coefficient (Wildman–Crippen LogP) is 2.86. The Labute approximate surface area is 102 Å². The molecule has 0 aliphatic heterocycles. The number of hydrogen-bond acceptors (Lipinski definition) is 4. The lowest BCUT2D eigenvalue weighted by Crippen LogP contribution is -1.98. The van der Waals surface area contributed by atoms with E-state index in [2.05, 4.69) is 12.2 Å². The zero-order chi connectivity index (χ0) is 12.7. The van der Waals surface area contributed by atoms with E-state index < -0.39 is 0 Å². The van der Waals surface area contributed by atoms with Crippen LogP contribution in [0.5, 0.6) is 17.2 Å². The van der Waals surface area contributed by atoms with Gasteiger partial charge in [-0.3, -0.25) is 0 Å². The Hall–Kier alpha value is -1.84. The van der Waals surface area contributed by atoms with Crippen molar-refractivity contribution in [3.05, 3.63) is 31.3 Å². The molecule has 1 N–H and O–H groups in total. The third kappa shape index (κ3) is 3.31. The number of nitrogens with one attached hydrogen (secondary N) is 1. The topological polar surface area (TPSA) is 39.7 Å². The number of benzene rings is 1. The first-order valence-corrected chi connectivity index (χ1v) is 5.27. The summed E-state index contributed by atoms with van der Waals surface area (Å²) in [6.45, 7) is 3.72.